The molecule has 4 aromatic rings. The molecule has 2 atom stereocenters. The summed E-state index contributed by atoms with van der Waals surface area (Å²) >= 11 is 6.87. The summed E-state index contributed by atoms with van der Waals surface area (Å²) in [4.78, 5) is 54.1. The fraction of sp³-hybridized carbons (Fsp3) is 0.368. The predicted molar refractivity (Wildman–Crippen MR) is 196 cm³/mol. The molecule has 0 bridgehead atoms. The van der Waals surface area contributed by atoms with Gasteiger partial charge < -0.3 is 24.7 Å². The first-order valence-electron chi connectivity index (χ1n) is 16.9. The van der Waals surface area contributed by atoms with Crippen LogP contribution in [0.5, 0.6) is 5.75 Å². The van der Waals surface area contributed by atoms with E-state index in [1.807, 2.05) is 39.8 Å². The number of carbonyl (C=O) groups is 2. The predicted octanol–water partition coefficient (Wildman–Crippen LogP) is 6.01. The maximum atomic E-state index is 17.6. The van der Waals surface area contributed by atoms with E-state index in [1.54, 1.807) is 29.0 Å². The fourth-order valence-electron chi connectivity index (χ4n) is 7.38. The minimum Gasteiger partial charge on any atom is -0.507 e. The molecule has 0 radical (unpaired) electrons. The minimum absolute atomic E-state index is 0.00958. The second-order valence-corrected chi connectivity index (χ2v) is 14.2. The van der Waals surface area contributed by atoms with E-state index in [0.29, 0.717) is 29.9 Å². The number of aromatic nitrogens is 2. The lowest BCUT2D eigenvalue weighted by Crippen LogP contribution is -2.66. The zero-order chi connectivity index (χ0) is 37.0. The van der Waals surface area contributed by atoms with E-state index >= 15 is 13.6 Å². The SMILES string of the molecule is C=CC(=O)N1CC2C(=O)N(CCCN(C)C)c3c(c4cc(Cl)c(-c5c(O)cccc5F)c(F)c4n(-c4c(C)ccnc4C(C)C)c3=O)N2CC1C. The van der Waals surface area contributed by atoms with E-state index in [1.165, 1.54) is 33.7 Å². The van der Waals surface area contributed by atoms with Crippen LogP contribution in [0.2, 0.25) is 5.02 Å². The van der Waals surface area contributed by atoms with Crippen LogP contribution < -0.4 is 15.4 Å². The minimum atomic E-state index is -1.03. The first-order chi connectivity index (χ1) is 24.2. The normalized spacial score (nSPS) is 17.4. The molecule has 2 unspecified atom stereocenters. The largest absolute Gasteiger partial charge is 0.507 e. The average Bonchev–Trinajstić information content (AvgIpc) is 3.07. The van der Waals surface area contributed by atoms with Gasteiger partial charge in [-0.25, -0.2) is 8.78 Å². The van der Waals surface area contributed by atoms with Crippen LogP contribution in [0, 0.1) is 18.6 Å². The Morgan fingerprint density at radius 2 is 1.86 bits per heavy atom. The van der Waals surface area contributed by atoms with Crippen molar-refractivity contribution in [3.63, 3.8) is 0 Å². The van der Waals surface area contributed by atoms with Crippen molar-refractivity contribution in [1.29, 1.82) is 0 Å². The van der Waals surface area contributed by atoms with Gasteiger partial charge >= 0.3 is 0 Å². The third-order valence-corrected chi connectivity index (χ3v) is 10.1. The Labute approximate surface area is 300 Å². The summed E-state index contributed by atoms with van der Waals surface area (Å²) in [6.45, 7) is 12.0. The van der Waals surface area contributed by atoms with Gasteiger partial charge in [0.05, 0.1) is 39.7 Å². The number of anilines is 2. The number of aromatic hydroxyl groups is 1. The smallest absolute Gasteiger partial charge is 0.281 e. The van der Waals surface area contributed by atoms with Crippen LogP contribution in [0.15, 0.2) is 54.0 Å². The number of halogens is 3. The summed E-state index contributed by atoms with van der Waals surface area (Å²) in [7, 11) is 3.81. The Hall–Kier alpha value is -4.81. The van der Waals surface area contributed by atoms with E-state index in [9.17, 15) is 14.7 Å². The summed E-state index contributed by atoms with van der Waals surface area (Å²) in [5, 5.41) is 10.8. The highest BCUT2D eigenvalue weighted by molar-refractivity contribution is 6.35. The number of phenols is 1. The lowest BCUT2D eigenvalue weighted by Gasteiger charge is -2.50. The highest BCUT2D eigenvalue weighted by atomic mass is 35.5. The highest BCUT2D eigenvalue weighted by Gasteiger charge is 2.47. The number of amides is 2. The summed E-state index contributed by atoms with van der Waals surface area (Å²) in [6, 6.07) is 5.48. The zero-order valence-corrected chi connectivity index (χ0v) is 30.3. The van der Waals surface area contributed by atoms with Gasteiger partial charge in [-0.1, -0.05) is 38.1 Å². The van der Waals surface area contributed by atoms with Gasteiger partial charge in [0.2, 0.25) is 5.91 Å². The molecule has 1 fully saturated rings. The summed E-state index contributed by atoms with van der Waals surface area (Å²) in [6.07, 6.45) is 3.33. The molecule has 0 saturated carbocycles. The van der Waals surface area contributed by atoms with Gasteiger partial charge in [0.25, 0.3) is 11.5 Å². The van der Waals surface area contributed by atoms with Crippen molar-refractivity contribution in [2.75, 3.05) is 50.1 Å². The molecule has 0 aliphatic carbocycles. The summed E-state index contributed by atoms with van der Waals surface area (Å²) in [5.41, 5.74) is 0.0396. The number of hydrogen-bond donors (Lipinski definition) is 1. The Morgan fingerprint density at radius 1 is 1.14 bits per heavy atom. The topological polar surface area (TPSA) is 102 Å². The molecule has 1 saturated heterocycles. The van der Waals surface area contributed by atoms with Gasteiger partial charge in [0.15, 0.2) is 5.82 Å². The number of aryl methyl sites for hydroxylation is 1. The molecule has 6 rings (SSSR count). The van der Waals surface area contributed by atoms with E-state index < -0.39 is 46.2 Å². The number of hydrogen-bond acceptors (Lipinski definition) is 7. The van der Waals surface area contributed by atoms with Crippen molar-refractivity contribution in [3.05, 3.63) is 87.5 Å². The maximum absolute atomic E-state index is 17.6. The molecule has 10 nitrogen and oxygen atoms in total. The van der Waals surface area contributed by atoms with Crippen molar-refractivity contribution in [1.82, 2.24) is 19.4 Å². The number of fused-ring (bicyclic) bond motifs is 5. The maximum Gasteiger partial charge on any atom is 0.281 e. The number of benzene rings is 2. The van der Waals surface area contributed by atoms with Gasteiger partial charge in [0.1, 0.15) is 23.3 Å². The molecular formula is C38H41ClF2N6O4. The van der Waals surface area contributed by atoms with Crippen LogP contribution >= 0.6 is 11.6 Å². The quantitative estimate of drug-likeness (QED) is 0.223. The van der Waals surface area contributed by atoms with Crippen LogP contribution in [-0.4, -0.2) is 88.6 Å². The van der Waals surface area contributed by atoms with Crippen LogP contribution in [-0.2, 0) is 9.59 Å². The molecule has 0 spiro atoms. The van der Waals surface area contributed by atoms with Crippen molar-refractivity contribution in [2.45, 2.75) is 52.1 Å². The van der Waals surface area contributed by atoms with Gasteiger partial charge in [-0.3, -0.25) is 23.9 Å². The first kappa shape index (κ1) is 36.0. The fourth-order valence-corrected chi connectivity index (χ4v) is 7.67. The zero-order valence-electron chi connectivity index (χ0n) is 29.5. The molecule has 2 aromatic carbocycles. The molecular weight excluding hydrogens is 678 g/mol. The first-order valence-corrected chi connectivity index (χ1v) is 17.3. The number of phenolic OH excluding ortho intramolecular Hbond substituents is 1. The molecule has 51 heavy (non-hydrogen) atoms. The standard InChI is InChI=1S/C38H41ClF2N6O4/c1-8-28(49)45-19-26-37(50)44(16-10-15-43(6)7)36-35(46(26)18-22(45)5)23-17-24(39)29(30-25(40)11-9-12-27(30)48)31(41)34(23)47(38(36)51)33-21(4)13-14-42-32(33)20(2)3/h8-9,11-14,17,20,22,26,48H,1,10,15-16,18-19H2,2-7H3. The Bertz CT molecular complexity index is 2130. The van der Waals surface area contributed by atoms with Gasteiger partial charge in [0, 0.05) is 36.3 Å². The van der Waals surface area contributed by atoms with Gasteiger partial charge in [-0.05, 0) is 82.7 Å². The molecule has 4 heterocycles. The molecule has 13 heteroatoms. The van der Waals surface area contributed by atoms with E-state index in [0.717, 1.165) is 6.07 Å². The van der Waals surface area contributed by atoms with E-state index in [2.05, 4.69) is 11.6 Å². The molecule has 2 aromatic heterocycles. The molecule has 2 amide bonds. The van der Waals surface area contributed by atoms with Gasteiger partial charge in [-0.2, -0.15) is 0 Å². The lowest BCUT2D eigenvalue weighted by molar-refractivity contribution is -0.130. The van der Waals surface area contributed by atoms with E-state index in [4.69, 9.17) is 11.6 Å². The number of rotatable bonds is 8. The van der Waals surface area contributed by atoms with Crippen LogP contribution in [0.25, 0.3) is 27.7 Å². The highest BCUT2D eigenvalue weighted by Crippen LogP contribution is 2.48. The Balaban J connectivity index is 1.79. The number of nitrogens with zero attached hydrogens (tertiary/aromatic N) is 6. The lowest BCUT2D eigenvalue weighted by atomic mass is 9.94. The van der Waals surface area contributed by atoms with Crippen molar-refractivity contribution in [3.8, 4) is 22.6 Å². The Morgan fingerprint density at radius 3 is 2.51 bits per heavy atom. The number of piperazine rings is 1. The monoisotopic (exact) mass is 718 g/mol. The molecule has 2 aliphatic rings. The van der Waals surface area contributed by atoms with Crippen LogP contribution in [0.3, 0.4) is 0 Å². The second kappa shape index (κ2) is 13.7. The van der Waals surface area contributed by atoms with Crippen molar-refractivity contribution < 1.29 is 23.5 Å². The Kier molecular flexibility index (Phi) is 9.69. The second-order valence-electron chi connectivity index (χ2n) is 13.8. The molecule has 1 N–H and O–H groups in total. The van der Waals surface area contributed by atoms with Crippen molar-refractivity contribution >= 4 is 45.7 Å². The van der Waals surface area contributed by atoms with Crippen LogP contribution in [0.1, 0.15) is 44.4 Å². The number of carbonyl (C=O) groups excluding carboxylic acids is 2. The average molecular weight is 719 g/mol. The van der Waals surface area contributed by atoms with Crippen LogP contribution in [0.4, 0.5) is 20.2 Å². The van der Waals surface area contributed by atoms with Crippen molar-refractivity contribution in [2.24, 2.45) is 0 Å². The number of pyridine rings is 2. The molecule has 2 aliphatic heterocycles. The summed E-state index contributed by atoms with van der Waals surface area (Å²) < 4.78 is 34.2. The van der Waals surface area contributed by atoms with E-state index in [-0.39, 0.29) is 64.7 Å². The third-order valence-electron chi connectivity index (χ3n) is 9.76. The third kappa shape index (κ3) is 5.93. The summed E-state index contributed by atoms with van der Waals surface area (Å²) in [5.74, 6) is -3.38. The molecule has 268 valence electrons. The van der Waals surface area contributed by atoms with Gasteiger partial charge in [-0.15, -0.1) is 0 Å².